The molecule has 0 unspecified atom stereocenters. The average molecular weight is 466 g/mol. The molecular weight excluding hydrogens is 445 g/mol. The van der Waals surface area contributed by atoms with Gasteiger partial charge in [0.25, 0.3) is 0 Å². The highest BCUT2D eigenvalue weighted by Gasteiger charge is 2.14. The highest BCUT2D eigenvalue weighted by atomic mass is 35.5. The van der Waals surface area contributed by atoms with Crippen molar-refractivity contribution in [1.29, 1.82) is 0 Å². The molecule has 5 aromatic rings. The largest absolute Gasteiger partial charge is 0.310 e. The lowest BCUT2D eigenvalue weighted by Crippen LogP contribution is -2.10. The van der Waals surface area contributed by atoms with Crippen molar-refractivity contribution in [1.82, 2.24) is 0 Å². The monoisotopic (exact) mass is 465 g/mol. The van der Waals surface area contributed by atoms with Crippen molar-refractivity contribution >= 4 is 40.3 Å². The van der Waals surface area contributed by atoms with Crippen LogP contribution in [0.3, 0.4) is 0 Å². The third-order valence-electron chi connectivity index (χ3n) is 5.54. The molecule has 0 amide bonds. The smallest absolute Gasteiger partial charge is 0.0467 e. The van der Waals surface area contributed by atoms with E-state index in [1.807, 2.05) is 42.5 Å². The molecule has 3 heteroatoms. The van der Waals surface area contributed by atoms with Gasteiger partial charge in [0.05, 0.1) is 0 Å². The zero-order valence-electron chi connectivity index (χ0n) is 17.8. The topological polar surface area (TPSA) is 3.24 Å². The molecule has 0 bridgehead atoms. The summed E-state index contributed by atoms with van der Waals surface area (Å²) in [6.07, 6.45) is 0. The van der Waals surface area contributed by atoms with Crippen LogP contribution in [0.4, 0.5) is 17.1 Å². The lowest BCUT2D eigenvalue weighted by molar-refractivity contribution is 1.28. The number of hydrogen-bond acceptors (Lipinski definition) is 1. The highest BCUT2D eigenvalue weighted by molar-refractivity contribution is 6.31. The molecule has 0 spiro atoms. The molecule has 0 saturated heterocycles. The zero-order chi connectivity index (χ0) is 22.6. The molecule has 0 saturated carbocycles. The Bertz CT molecular complexity index is 1310. The van der Waals surface area contributed by atoms with E-state index in [1.165, 1.54) is 0 Å². The van der Waals surface area contributed by atoms with E-state index in [1.54, 1.807) is 0 Å². The number of para-hydroxylation sites is 1. The van der Waals surface area contributed by atoms with Crippen LogP contribution in [0, 0.1) is 0 Å². The molecule has 0 aromatic heterocycles. The predicted molar refractivity (Wildman–Crippen MR) is 142 cm³/mol. The Morgan fingerprint density at radius 2 is 0.758 bits per heavy atom. The van der Waals surface area contributed by atoms with Gasteiger partial charge in [-0.3, -0.25) is 0 Å². The summed E-state index contributed by atoms with van der Waals surface area (Å²) in [6, 6.07) is 43.4. The summed E-state index contributed by atoms with van der Waals surface area (Å²) in [5, 5.41) is 1.46. The minimum absolute atomic E-state index is 0.729. The molecule has 0 radical (unpaired) electrons. The first-order valence-corrected chi connectivity index (χ1v) is 11.5. The second kappa shape index (κ2) is 9.54. The van der Waals surface area contributed by atoms with E-state index in [-0.39, 0.29) is 0 Å². The molecule has 0 atom stereocenters. The molecule has 160 valence electrons. The molecular formula is C30H21Cl2N. The van der Waals surface area contributed by atoms with Crippen molar-refractivity contribution in [2.45, 2.75) is 0 Å². The van der Waals surface area contributed by atoms with Gasteiger partial charge in [-0.15, -0.1) is 0 Å². The fourth-order valence-corrected chi connectivity index (χ4v) is 4.39. The van der Waals surface area contributed by atoms with E-state index in [0.29, 0.717) is 0 Å². The van der Waals surface area contributed by atoms with Gasteiger partial charge in [-0.1, -0.05) is 89.9 Å². The van der Waals surface area contributed by atoms with Crippen LogP contribution in [0.2, 0.25) is 10.0 Å². The Labute approximate surface area is 204 Å². The molecule has 0 aliphatic heterocycles. The predicted octanol–water partition coefficient (Wildman–Crippen LogP) is 9.80. The van der Waals surface area contributed by atoms with E-state index in [2.05, 4.69) is 89.8 Å². The first-order valence-electron chi connectivity index (χ1n) is 10.7. The molecule has 0 aliphatic rings. The molecule has 0 N–H and O–H groups in total. The maximum atomic E-state index is 6.26. The van der Waals surface area contributed by atoms with Crippen LogP contribution < -0.4 is 4.90 Å². The second-order valence-corrected chi connectivity index (χ2v) is 8.67. The van der Waals surface area contributed by atoms with Gasteiger partial charge in [-0.25, -0.2) is 0 Å². The quantitative estimate of drug-likeness (QED) is 0.249. The van der Waals surface area contributed by atoms with E-state index >= 15 is 0 Å². The second-order valence-electron chi connectivity index (χ2n) is 7.79. The van der Waals surface area contributed by atoms with Crippen LogP contribution in [0.25, 0.3) is 22.3 Å². The number of nitrogens with zero attached hydrogens (tertiary/aromatic N) is 1. The van der Waals surface area contributed by atoms with Crippen molar-refractivity contribution < 1.29 is 0 Å². The van der Waals surface area contributed by atoms with Crippen LogP contribution in [-0.2, 0) is 0 Å². The SMILES string of the molecule is Clc1cccc(-c2cccc(N(c3ccccc3)c3cccc(-c4cccc(Cl)c4)c3)c2)c1. The maximum Gasteiger partial charge on any atom is 0.0467 e. The first-order chi connectivity index (χ1) is 16.2. The first kappa shape index (κ1) is 21.3. The van der Waals surface area contributed by atoms with Crippen molar-refractivity contribution in [2.75, 3.05) is 4.90 Å². The summed E-state index contributed by atoms with van der Waals surface area (Å²) in [5.74, 6) is 0. The number of rotatable bonds is 5. The minimum atomic E-state index is 0.729. The third-order valence-corrected chi connectivity index (χ3v) is 6.01. The van der Waals surface area contributed by atoms with Gasteiger partial charge in [-0.2, -0.15) is 0 Å². The fraction of sp³-hybridized carbons (Fsp3) is 0. The van der Waals surface area contributed by atoms with E-state index < -0.39 is 0 Å². The van der Waals surface area contributed by atoms with Crippen LogP contribution in [0.5, 0.6) is 0 Å². The highest BCUT2D eigenvalue weighted by Crippen LogP contribution is 2.38. The summed E-state index contributed by atoms with van der Waals surface area (Å²) in [4.78, 5) is 2.27. The molecule has 0 fully saturated rings. The van der Waals surface area contributed by atoms with Gasteiger partial charge >= 0.3 is 0 Å². The van der Waals surface area contributed by atoms with Gasteiger partial charge in [0.1, 0.15) is 0 Å². The molecule has 33 heavy (non-hydrogen) atoms. The normalized spacial score (nSPS) is 10.7. The minimum Gasteiger partial charge on any atom is -0.310 e. The zero-order valence-corrected chi connectivity index (χ0v) is 19.3. The van der Waals surface area contributed by atoms with E-state index in [4.69, 9.17) is 23.2 Å². The van der Waals surface area contributed by atoms with Crippen LogP contribution in [0.15, 0.2) is 127 Å². The summed E-state index contributed by atoms with van der Waals surface area (Å²) in [7, 11) is 0. The molecule has 5 rings (SSSR count). The van der Waals surface area contributed by atoms with Gasteiger partial charge in [0.15, 0.2) is 0 Å². The molecule has 5 aromatic carbocycles. The van der Waals surface area contributed by atoms with Crippen molar-refractivity contribution in [3.05, 3.63) is 137 Å². The van der Waals surface area contributed by atoms with E-state index in [0.717, 1.165) is 49.4 Å². The van der Waals surface area contributed by atoms with Gasteiger partial charge < -0.3 is 4.90 Å². The molecule has 0 heterocycles. The Kier molecular flexibility index (Phi) is 6.17. The Hall–Kier alpha value is -3.52. The number of benzene rings is 5. The molecule has 0 aliphatic carbocycles. The van der Waals surface area contributed by atoms with Crippen molar-refractivity contribution in [3.63, 3.8) is 0 Å². The van der Waals surface area contributed by atoms with Crippen molar-refractivity contribution in [3.8, 4) is 22.3 Å². The average Bonchev–Trinajstić information content (AvgIpc) is 2.85. The van der Waals surface area contributed by atoms with Gasteiger partial charge in [0, 0.05) is 27.1 Å². The molecule has 1 nitrogen and oxygen atoms in total. The Morgan fingerprint density at radius 3 is 1.21 bits per heavy atom. The van der Waals surface area contributed by atoms with Gasteiger partial charge in [-0.05, 0) is 82.9 Å². The summed E-state index contributed by atoms with van der Waals surface area (Å²) < 4.78 is 0. The van der Waals surface area contributed by atoms with Crippen molar-refractivity contribution in [2.24, 2.45) is 0 Å². The number of halogens is 2. The summed E-state index contributed by atoms with van der Waals surface area (Å²) >= 11 is 12.5. The number of hydrogen-bond donors (Lipinski definition) is 0. The maximum absolute atomic E-state index is 6.26. The Balaban J connectivity index is 1.63. The lowest BCUT2D eigenvalue weighted by atomic mass is 10.0. The van der Waals surface area contributed by atoms with Crippen LogP contribution >= 0.6 is 23.2 Å². The lowest BCUT2D eigenvalue weighted by Gasteiger charge is -2.26. The van der Waals surface area contributed by atoms with E-state index in [9.17, 15) is 0 Å². The fourth-order valence-electron chi connectivity index (χ4n) is 4.01. The Morgan fingerprint density at radius 1 is 0.364 bits per heavy atom. The number of anilines is 3. The summed E-state index contributed by atoms with van der Waals surface area (Å²) in [5.41, 5.74) is 7.63. The summed E-state index contributed by atoms with van der Waals surface area (Å²) in [6.45, 7) is 0. The standard InChI is InChI=1S/C30H21Cl2N/c31-26-12-4-8-22(18-26)24-10-6-16-29(20-24)33(28-14-2-1-3-15-28)30-17-7-11-25(21-30)23-9-5-13-27(32)19-23/h1-21H. The third kappa shape index (κ3) is 4.80. The van der Waals surface area contributed by atoms with Gasteiger partial charge in [0.2, 0.25) is 0 Å². The van der Waals surface area contributed by atoms with Crippen LogP contribution in [-0.4, -0.2) is 0 Å². The van der Waals surface area contributed by atoms with Crippen LogP contribution in [0.1, 0.15) is 0 Å².